The Labute approximate surface area is 137 Å². The molecule has 5 nitrogen and oxygen atoms in total. The Kier molecular flexibility index (Phi) is 5.41. The van der Waals surface area contributed by atoms with Gasteiger partial charge in [0.25, 0.3) is 0 Å². The molecule has 0 aromatic heterocycles. The van der Waals surface area contributed by atoms with Gasteiger partial charge in [-0.15, -0.1) is 0 Å². The Morgan fingerprint density at radius 3 is 2.30 bits per heavy atom. The van der Waals surface area contributed by atoms with Crippen LogP contribution in [-0.2, 0) is 23.2 Å². The summed E-state index contributed by atoms with van der Waals surface area (Å²) in [6, 6.07) is 13.0. The van der Waals surface area contributed by atoms with Crippen LogP contribution in [0, 0.1) is 6.92 Å². The van der Waals surface area contributed by atoms with Crippen LogP contribution in [0.15, 0.2) is 47.4 Å². The first kappa shape index (κ1) is 17.5. The maximum absolute atomic E-state index is 11.7. The molecule has 0 spiro atoms. The van der Waals surface area contributed by atoms with Gasteiger partial charge in [0.15, 0.2) is 0 Å². The number of benzene rings is 2. The lowest BCUT2D eigenvalue weighted by atomic mass is 10.1. The normalized spacial score (nSPS) is 11.7. The molecule has 0 aliphatic carbocycles. The first-order valence-electron chi connectivity index (χ1n) is 7.26. The summed E-state index contributed by atoms with van der Waals surface area (Å²) in [6.45, 7) is 2.75. The first-order chi connectivity index (χ1) is 10.8. The zero-order valence-electron chi connectivity index (χ0n) is 13.6. The molecule has 124 valence electrons. The van der Waals surface area contributed by atoms with E-state index < -0.39 is 10.0 Å². The van der Waals surface area contributed by atoms with E-state index in [0.29, 0.717) is 24.5 Å². The van der Waals surface area contributed by atoms with Crippen LogP contribution in [0.4, 0.5) is 0 Å². The molecule has 0 bridgehead atoms. The van der Waals surface area contributed by atoms with E-state index in [1.54, 1.807) is 13.0 Å². The average Bonchev–Trinajstić information content (AvgIpc) is 2.47. The molecule has 0 atom stereocenters. The minimum absolute atomic E-state index is 0.140. The van der Waals surface area contributed by atoms with E-state index >= 15 is 0 Å². The third-order valence-corrected chi connectivity index (χ3v) is 4.58. The molecule has 0 fully saturated rings. The largest absolute Gasteiger partial charge is 0.489 e. The lowest BCUT2D eigenvalue weighted by Gasteiger charge is -2.19. The van der Waals surface area contributed by atoms with Crippen molar-refractivity contribution in [3.05, 3.63) is 59.2 Å². The van der Waals surface area contributed by atoms with Crippen LogP contribution in [-0.4, -0.2) is 27.4 Å². The number of primary sulfonamides is 1. The number of hydrogen-bond acceptors (Lipinski definition) is 4. The van der Waals surface area contributed by atoms with Crippen molar-refractivity contribution in [1.82, 2.24) is 4.90 Å². The molecular weight excluding hydrogens is 312 g/mol. The minimum Gasteiger partial charge on any atom is -0.489 e. The van der Waals surface area contributed by atoms with Crippen molar-refractivity contribution >= 4 is 10.0 Å². The molecule has 0 amide bonds. The van der Waals surface area contributed by atoms with Gasteiger partial charge >= 0.3 is 0 Å². The standard InChI is InChI=1S/C17H22N2O3S/c1-13-15(11-19(2)3)16(9-10-17(13)23(18,20)21)22-12-14-7-5-4-6-8-14/h4-10H,11-12H2,1-3H3,(H2,18,20,21). The summed E-state index contributed by atoms with van der Waals surface area (Å²) in [5, 5.41) is 5.29. The van der Waals surface area contributed by atoms with Crippen molar-refractivity contribution in [2.24, 2.45) is 5.14 Å². The maximum Gasteiger partial charge on any atom is 0.238 e. The fourth-order valence-electron chi connectivity index (χ4n) is 2.40. The molecule has 0 heterocycles. The molecular formula is C17H22N2O3S. The van der Waals surface area contributed by atoms with Gasteiger partial charge in [-0.05, 0) is 44.3 Å². The van der Waals surface area contributed by atoms with Crippen LogP contribution in [0.25, 0.3) is 0 Å². The zero-order chi connectivity index (χ0) is 17.0. The molecule has 0 radical (unpaired) electrons. The Balaban J connectivity index is 2.36. The van der Waals surface area contributed by atoms with E-state index in [9.17, 15) is 8.42 Å². The highest BCUT2D eigenvalue weighted by atomic mass is 32.2. The van der Waals surface area contributed by atoms with E-state index in [0.717, 1.165) is 11.1 Å². The van der Waals surface area contributed by atoms with Crippen molar-refractivity contribution < 1.29 is 13.2 Å². The monoisotopic (exact) mass is 334 g/mol. The third-order valence-electron chi connectivity index (χ3n) is 3.52. The number of rotatable bonds is 6. The van der Waals surface area contributed by atoms with E-state index in [4.69, 9.17) is 9.88 Å². The summed E-state index contributed by atoms with van der Waals surface area (Å²) in [5.41, 5.74) is 2.51. The quantitative estimate of drug-likeness (QED) is 0.880. The highest BCUT2D eigenvalue weighted by Gasteiger charge is 2.18. The number of nitrogens with zero attached hydrogens (tertiary/aromatic N) is 1. The first-order valence-corrected chi connectivity index (χ1v) is 8.80. The van der Waals surface area contributed by atoms with Crippen LogP contribution < -0.4 is 9.88 Å². The molecule has 0 saturated carbocycles. The second kappa shape index (κ2) is 7.12. The molecule has 2 aromatic carbocycles. The topological polar surface area (TPSA) is 72.6 Å². The number of hydrogen-bond donors (Lipinski definition) is 1. The van der Waals surface area contributed by atoms with Crippen LogP contribution in [0.3, 0.4) is 0 Å². The maximum atomic E-state index is 11.7. The fourth-order valence-corrected chi connectivity index (χ4v) is 3.21. The van der Waals surface area contributed by atoms with Crippen LogP contribution in [0.1, 0.15) is 16.7 Å². The summed E-state index contributed by atoms with van der Waals surface area (Å²) < 4.78 is 29.3. The molecule has 0 aliphatic heterocycles. The van der Waals surface area contributed by atoms with E-state index in [2.05, 4.69) is 0 Å². The Morgan fingerprint density at radius 1 is 1.09 bits per heavy atom. The van der Waals surface area contributed by atoms with Gasteiger partial charge in [0.1, 0.15) is 12.4 Å². The van der Waals surface area contributed by atoms with Crippen molar-refractivity contribution in [3.8, 4) is 5.75 Å². The second-order valence-corrected chi connectivity index (χ2v) is 7.25. The van der Waals surface area contributed by atoms with Gasteiger partial charge in [0, 0.05) is 12.1 Å². The highest BCUT2D eigenvalue weighted by molar-refractivity contribution is 7.89. The predicted octanol–water partition coefficient (Wildman–Crippen LogP) is 2.28. The SMILES string of the molecule is Cc1c(S(N)(=O)=O)ccc(OCc2ccccc2)c1CN(C)C. The van der Waals surface area contributed by atoms with E-state index in [-0.39, 0.29) is 4.90 Å². The fraction of sp³-hybridized carbons (Fsp3) is 0.294. The summed E-state index contributed by atoms with van der Waals surface area (Å²) in [4.78, 5) is 2.10. The number of sulfonamides is 1. The highest BCUT2D eigenvalue weighted by Crippen LogP contribution is 2.29. The third kappa shape index (κ3) is 4.54. The molecule has 0 saturated heterocycles. The molecule has 23 heavy (non-hydrogen) atoms. The van der Waals surface area contributed by atoms with Gasteiger partial charge in [-0.1, -0.05) is 30.3 Å². The smallest absolute Gasteiger partial charge is 0.238 e. The Morgan fingerprint density at radius 2 is 1.74 bits per heavy atom. The van der Waals surface area contributed by atoms with Gasteiger partial charge in [0.05, 0.1) is 4.90 Å². The average molecular weight is 334 g/mol. The summed E-state index contributed by atoms with van der Waals surface area (Å²) in [5.74, 6) is 0.674. The van der Waals surface area contributed by atoms with Crippen LogP contribution >= 0.6 is 0 Å². The van der Waals surface area contributed by atoms with E-state index in [1.165, 1.54) is 6.07 Å². The summed E-state index contributed by atoms with van der Waals surface area (Å²) >= 11 is 0. The van der Waals surface area contributed by atoms with Gasteiger partial charge < -0.3 is 9.64 Å². The molecule has 2 rings (SSSR count). The van der Waals surface area contributed by atoms with Crippen molar-refractivity contribution in [2.75, 3.05) is 14.1 Å². The number of nitrogens with two attached hydrogens (primary N) is 1. The predicted molar refractivity (Wildman–Crippen MR) is 90.7 cm³/mol. The molecule has 6 heteroatoms. The van der Waals surface area contributed by atoms with Gasteiger partial charge in [0.2, 0.25) is 10.0 Å². The van der Waals surface area contributed by atoms with Crippen molar-refractivity contribution in [1.29, 1.82) is 0 Å². The molecule has 2 aromatic rings. The van der Waals surface area contributed by atoms with Gasteiger partial charge in [-0.3, -0.25) is 0 Å². The van der Waals surface area contributed by atoms with E-state index in [1.807, 2.05) is 49.3 Å². The number of ether oxygens (including phenoxy) is 1. The zero-order valence-corrected chi connectivity index (χ0v) is 14.4. The van der Waals surface area contributed by atoms with Gasteiger partial charge in [-0.25, -0.2) is 13.6 Å². The lowest BCUT2D eigenvalue weighted by Crippen LogP contribution is -2.18. The second-order valence-electron chi connectivity index (χ2n) is 5.72. The van der Waals surface area contributed by atoms with Crippen LogP contribution in [0.2, 0.25) is 0 Å². The minimum atomic E-state index is -3.75. The summed E-state index contributed by atoms with van der Waals surface area (Å²) in [6.07, 6.45) is 0. The summed E-state index contributed by atoms with van der Waals surface area (Å²) in [7, 11) is 0.0916. The van der Waals surface area contributed by atoms with Gasteiger partial charge in [-0.2, -0.15) is 0 Å². The van der Waals surface area contributed by atoms with Crippen molar-refractivity contribution in [3.63, 3.8) is 0 Å². The Bertz CT molecular complexity index is 772. The molecule has 0 aliphatic rings. The van der Waals surface area contributed by atoms with Crippen LogP contribution in [0.5, 0.6) is 5.75 Å². The van der Waals surface area contributed by atoms with Crippen molar-refractivity contribution in [2.45, 2.75) is 25.0 Å². The molecule has 0 unspecified atom stereocenters. The molecule has 2 N–H and O–H groups in total. The Hall–Kier alpha value is -1.89. The lowest BCUT2D eigenvalue weighted by molar-refractivity contribution is 0.294.